The van der Waals surface area contributed by atoms with E-state index in [-0.39, 0.29) is 12.0 Å². The largest absolute Gasteiger partial charge is 0.471 e. The van der Waals surface area contributed by atoms with Gasteiger partial charge >= 0.3 is 0 Å². The third-order valence-electron chi connectivity index (χ3n) is 3.26. The number of rotatable bonds is 3. The van der Waals surface area contributed by atoms with E-state index in [9.17, 15) is 4.79 Å². The van der Waals surface area contributed by atoms with Crippen LogP contribution in [0.5, 0.6) is 5.88 Å². The minimum absolute atomic E-state index is 0.00501. The van der Waals surface area contributed by atoms with E-state index in [1.54, 1.807) is 0 Å². The monoisotopic (exact) mass is 289 g/mol. The van der Waals surface area contributed by atoms with Crippen molar-refractivity contribution in [1.29, 1.82) is 0 Å². The van der Waals surface area contributed by atoms with E-state index >= 15 is 0 Å². The highest BCUT2D eigenvalue weighted by molar-refractivity contribution is 7.08. The first-order valence-electron chi connectivity index (χ1n) is 6.51. The maximum Gasteiger partial charge on any atom is 0.254 e. The lowest BCUT2D eigenvalue weighted by atomic mass is 10.3. The lowest BCUT2D eigenvalue weighted by Crippen LogP contribution is -2.30. The maximum atomic E-state index is 12.2. The Morgan fingerprint density at radius 1 is 1.40 bits per heavy atom. The van der Waals surface area contributed by atoms with Crippen molar-refractivity contribution >= 4 is 17.2 Å². The highest BCUT2D eigenvalue weighted by atomic mass is 32.1. The first-order valence-corrected chi connectivity index (χ1v) is 7.45. The number of amides is 1. The van der Waals surface area contributed by atoms with Crippen molar-refractivity contribution in [1.82, 2.24) is 15.1 Å². The summed E-state index contributed by atoms with van der Waals surface area (Å²) in [7, 11) is 0. The molecule has 0 bridgehead atoms. The van der Waals surface area contributed by atoms with E-state index in [1.165, 1.54) is 11.3 Å². The number of nitrogens with zero attached hydrogens (tertiary/aromatic N) is 3. The zero-order chi connectivity index (χ0) is 13.9. The molecule has 2 aromatic rings. The van der Waals surface area contributed by atoms with Gasteiger partial charge in [-0.3, -0.25) is 4.79 Å². The molecule has 0 spiro atoms. The van der Waals surface area contributed by atoms with E-state index in [4.69, 9.17) is 4.74 Å². The molecular weight excluding hydrogens is 274 g/mol. The first kappa shape index (κ1) is 13.1. The molecule has 0 unspecified atom stereocenters. The summed E-state index contributed by atoms with van der Waals surface area (Å²) < 4.78 is 5.76. The Morgan fingerprint density at radius 3 is 3.00 bits per heavy atom. The van der Waals surface area contributed by atoms with Crippen LogP contribution in [0.15, 0.2) is 29.0 Å². The van der Waals surface area contributed by atoms with Crippen LogP contribution in [0.1, 0.15) is 22.5 Å². The van der Waals surface area contributed by atoms with Crippen LogP contribution in [0.2, 0.25) is 0 Å². The second-order valence-electron chi connectivity index (χ2n) is 4.80. The summed E-state index contributed by atoms with van der Waals surface area (Å²) in [6.07, 6.45) is 0.820. The van der Waals surface area contributed by atoms with Gasteiger partial charge in [0.1, 0.15) is 6.10 Å². The molecule has 1 aliphatic rings. The molecule has 0 aliphatic carbocycles. The van der Waals surface area contributed by atoms with E-state index < -0.39 is 0 Å². The second-order valence-corrected chi connectivity index (χ2v) is 5.58. The Hall–Kier alpha value is -1.95. The van der Waals surface area contributed by atoms with Crippen molar-refractivity contribution in [2.24, 2.45) is 0 Å². The summed E-state index contributed by atoms with van der Waals surface area (Å²) in [5.74, 6) is 0.595. The molecule has 3 heterocycles. The highest BCUT2D eigenvalue weighted by Crippen LogP contribution is 2.19. The van der Waals surface area contributed by atoms with Gasteiger partial charge in [-0.05, 0) is 24.4 Å². The molecule has 104 valence electrons. The zero-order valence-electron chi connectivity index (χ0n) is 11.2. The number of hydrogen-bond donors (Lipinski definition) is 0. The van der Waals surface area contributed by atoms with Crippen LogP contribution in [0, 0.1) is 6.92 Å². The number of ether oxygens (including phenoxy) is 1. The van der Waals surface area contributed by atoms with Crippen LogP contribution in [0.4, 0.5) is 0 Å². The molecule has 1 fully saturated rings. The van der Waals surface area contributed by atoms with Crippen LogP contribution in [0.3, 0.4) is 0 Å². The Morgan fingerprint density at radius 2 is 2.30 bits per heavy atom. The van der Waals surface area contributed by atoms with Gasteiger partial charge in [-0.25, -0.2) is 0 Å². The molecule has 3 rings (SSSR count). The summed E-state index contributed by atoms with van der Waals surface area (Å²) in [6.45, 7) is 3.20. The van der Waals surface area contributed by atoms with E-state index in [2.05, 4.69) is 10.2 Å². The van der Waals surface area contributed by atoms with Crippen LogP contribution in [0.25, 0.3) is 0 Å². The van der Waals surface area contributed by atoms with E-state index in [1.807, 2.05) is 40.8 Å². The summed E-state index contributed by atoms with van der Waals surface area (Å²) in [4.78, 5) is 14.0. The highest BCUT2D eigenvalue weighted by Gasteiger charge is 2.28. The van der Waals surface area contributed by atoms with Gasteiger partial charge in [0.25, 0.3) is 5.91 Å². The minimum atomic E-state index is -0.00501. The lowest BCUT2D eigenvalue weighted by Gasteiger charge is -2.16. The van der Waals surface area contributed by atoms with Gasteiger partial charge in [0, 0.05) is 24.4 Å². The van der Waals surface area contributed by atoms with Crippen molar-refractivity contribution in [3.05, 3.63) is 40.2 Å². The van der Waals surface area contributed by atoms with Gasteiger partial charge in [0.05, 0.1) is 17.8 Å². The molecule has 1 atom stereocenters. The lowest BCUT2D eigenvalue weighted by molar-refractivity contribution is 0.0771. The zero-order valence-corrected chi connectivity index (χ0v) is 12.0. The molecule has 1 aliphatic heterocycles. The average Bonchev–Trinajstić information content (AvgIpc) is 3.12. The van der Waals surface area contributed by atoms with Crippen LogP contribution < -0.4 is 4.74 Å². The van der Waals surface area contributed by atoms with Crippen molar-refractivity contribution in [3.63, 3.8) is 0 Å². The third-order valence-corrected chi connectivity index (χ3v) is 3.94. The average molecular weight is 289 g/mol. The summed E-state index contributed by atoms with van der Waals surface area (Å²) in [5, 5.41) is 11.7. The van der Waals surface area contributed by atoms with Crippen LogP contribution in [-0.2, 0) is 0 Å². The molecule has 0 saturated carbocycles. The Kier molecular flexibility index (Phi) is 3.64. The van der Waals surface area contributed by atoms with Gasteiger partial charge in [0.15, 0.2) is 0 Å². The number of aryl methyl sites for hydroxylation is 1. The topological polar surface area (TPSA) is 55.3 Å². The minimum Gasteiger partial charge on any atom is -0.471 e. The molecule has 0 N–H and O–H groups in total. The Balaban J connectivity index is 1.59. The van der Waals surface area contributed by atoms with Crippen LogP contribution >= 0.6 is 11.3 Å². The van der Waals surface area contributed by atoms with Gasteiger partial charge in [-0.1, -0.05) is 0 Å². The SMILES string of the molecule is Cc1ccc(O[C@@H]2CCN(C(=O)c3ccsc3)C2)nn1. The third kappa shape index (κ3) is 2.80. The van der Waals surface area contributed by atoms with E-state index in [0.29, 0.717) is 12.4 Å². The number of thiophene rings is 1. The normalized spacial score (nSPS) is 18.2. The Bertz CT molecular complexity index is 583. The van der Waals surface area contributed by atoms with E-state index in [0.717, 1.165) is 24.2 Å². The van der Waals surface area contributed by atoms with Crippen molar-refractivity contribution in [2.45, 2.75) is 19.4 Å². The number of carbonyl (C=O) groups is 1. The summed E-state index contributed by atoms with van der Waals surface area (Å²) in [5.41, 5.74) is 1.61. The fraction of sp³-hybridized carbons (Fsp3) is 0.357. The number of likely N-dealkylation sites (tertiary alicyclic amines) is 1. The molecule has 5 nitrogen and oxygen atoms in total. The molecule has 6 heteroatoms. The number of hydrogen-bond acceptors (Lipinski definition) is 5. The second kappa shape index (κ2) is 5.58. The standard InChI is InChI=1S/C14H15N3O2S/c1-10-2-3-13(16-15-10)19-12-4-6-17(8-12)14(18)11-5-7-20-9-11/h2-3,5,7,9,12H,4,6,8H2,1H3/t12-/m1/s1. The molecule has 20 heavy (non-hydrogen) atoms. The van der Waals surface area contributed by atoms with Crippen molar-refractivity contribution in [2.75, 3.05) is 13.1 Å². The Labute approximate surface area is 121 Å². The maximum absolute atomic E-state index is 12.2. The molecule has 0 radical (unpaired) electrons. The van der Waals surface area contributed by atoms with Crippen molar-refractivity contribution in [3.8, 4) is 5.88 Å². The van der Waals surface area contributed by atoms with Gasteiger partial charge in [0.2, 0.25) is 5.88 Å². The molecule has 1 amide bonds. The molecular formula is C14H15N3O2S. The van der Waals surface area contributed by atoms with Gasteiger partial charge in [-0.2, -0.15) is 16.4 Å². The quantitative estimate of drug-likeness (QED) is 0.868. The van der Waals surface area contributed by atoms with Gasteiger partial charge in [-0.15, -0.1) is 5.10 Å². The fourth-order valence-corrected chi connectivity index (χ4v) is 2.83. The van der Waals surface area contributed by atoms with Gasteiger partial charge < -0.3 is 9.64 Å². The van der Waals surface area contributed by atoms with Crippen molar-refractivity contribution < 1.29 is 9.53 Å². The summed E-state index contributed by atoms with van der Waals surface area (Å²) >= 11 is 1.53. The summed E-state index contributed by atoms with van der Waals surface area (Å²) in [6, 6.07) is 5.53. The number of aromatic nitrogens is 2. The first-order chi connectivity index (χ1) is 9.72. The van der Waals surface area contributed by atoms with Crippen LogP contribution in [-0.4, -0.2) is 40.2 Å². The molecule has 1 saturated heterocycles. The predicted octanol–water partition coefficient (Wildman–Crippen LogP) is 2.14. The molecule has 0 aromatic carbocycles. The predicted molar refractivity (Wildman–Crippen MR) is 76.0 cm³/mol. The number of carbonyl (C=O) groups excluding carboxylic acids is 1. The fourth-order valence-electron chi connectivity index (χ4n) is 2.20. The molecule has 2 aromatic heterocycles. The smallest absolute Gasteiger partial charge is 0.254 e.